The Morgan fingerprint density at radius 3 is 2.71 bits per heavy atom. The van der Waals surface area contributed by atoms with Crippen molar-refractivity contribution in [3.05, 3.63) is 44.3 Å². The summed E-state index contributed by atoms with van der Waals surface area (Å²) in [6.07, 6.45) is 0.111. The summed E-state index contributed by atoms with van der Waals surface area (Å²) in [4.78, 5) is 16.3. The molecule has 0 aliphatic heterocycles. The monoisotopic (exact) mass is 324 g/mol. The van der Waals surface area contributed by atoms with Crippen LogP contribution in [0.15, 0.2) is 29.6 Å². The largest absolute Gasteiger partial charge is 0.481 e. The number of carboxylic acids is 1. The van der Waals surface area contributed by atoms with E-state index in [-0.39, 0.29) is 6.42 Å². The van der Waals surface area contributed by atoms with Gasteiger partial charge < -0.3 is 15.3 Å². The van der Waals surface area contributed by atoms with Crippen LogP contribution in [0.25, 0.3) is 0 Å². The molecule has 0 aliphatic rings. The third kappa shape index (κ3) is 4.93. The van der Waals surface area contributed by atoms with Crippen molar-refractivity contribution in [2.24, 2.45) is 0 Å². The van der Waals surface area contributed by atoms with Gasteiger partial charge in [0, 0.05) is 27.7 Å². The van der Waals surface area contributed by atoms with Crippen molar-refractivity contribution in [3.8, 4) is 0 Å². The molecule has 21 heavy (non-hydrogen) atoms. The summed E-state index contributed by atoms with van der Waals surface area (Å²) >= 11 is 3.34. The van der Waals surface area contributed by atoms with Crippen LogP contribution in [-0.4, -0.2) is 36.6 Å². The summed E-state index contributed by atoms with van der Waals surface area (Å²) < 4.78 is 0. The van der Waals surface area contributed by atoms with Gasteiger partial charge in [-0.3, -0.25) is 4.79 Å². The molecule has 2 N–H and O–H groups in total. The summed E-state index contributed by atoms with van der Waals surface area (Å²) in [7, 11) is 4.17. The van der Waals surface area contributed by atoms with E-state index in [1.165, 1.54) is 9.75 Å². The Bertz CT molecular complexity index is 564. The first-order valence-electron chi connectivity index (χ1n) is 6.76. The van der Waals surface area contributed by atoms with Gasteiger partial charge in [-0.2, -0.15) is 0 Å². The lowest BCUT2D eigenvalue weighted by Gasteiger charge is -2.23. The van der Waals surface area contributed by atoms with Gasteiger partial charge in [-0.05, 0) is 37.7 Å². The molecule has 1 atom stereocenters. The van der Waals surface area contributed by atoms with E-state index < -0.39 is 5.97 Å². The van der Waals surface area contributed by atoms with Gasteiger partial charge in [0.25, 0.3) is 0 Å². The van der Waals surface area contributed by atoms with Crippen molar-refractivity contribution >= 4 is 28.6 Å². The summed E-state index contributed by atoms with van der Waals surface area (Å²) in [6, 6.07) is 8.51. The van der Waals surface area contributed by atoms with Gasteiger partial charge in [-0.15, -0.1) is 22.7 Å². The number of likely N-dealkylation sites (N-methyl/N-ethyl adjacent to an activating group) is 1. The van der Waals surface area contributed by atoms with Gasteiger partial charge >= 0.3 is 5.97 Å². The average molecular weight is 324 g/mol. The maximum absolute atomic E-state index is 10.7. The maximum Gasteiger partial charge on any atom is 0.308 e. The molecule has 2 aromatic heterocycles. The molecule has 0 saturated heterocycles. The molecule has 0 amide bonds. The predicted molar refractivity (Wildman–Crippen MR) is 88.1 cm³/mol. The minimum absolute atomic E-state index is 0.111. The van der Waals surface area contributed by atoms with Gasteiger partial charge in [0.05, 0.1) is 12.5 Å². The Morgan fingerprint density at radius 1 is 1.33 bits per heavy atom. The molecule has 0 fully saturated rings. The molecule has 2 aromatic rings. The Kier molecular flexibility index (Phi) is 5.93. The lowest BCUT2D eigenvalue weighted by atomic mass is 10.2. The van der Waals surface area contributed by atoms with Gasteiger partial charge in [0.15, 0.2) is 0 Å². The first kappa shape index (κ1) is 16.2. The van der Waals surface area contributed by atoms with E-state index in [2.05, 4.69) is 41.8 Å². The second kappa shape index (κ2) is 7.70. The van der Waals surface area contributed by atoms with E-state index in [1.54, 1.807) is 22.7 Å². The molecule has 0 aliphatic carbocycles. The van der Waals surface area contributed by atoms with E-state index >= 15 is 0 Å². The average Bonchev–Trinajstić information content (AvgIpc) is 3.05. The third-order valence-corrected chi connectivity index (χ3v) is 5.23. The molecule has 0 aromatic carbocycles. The van der Waals surface area contributed by atoms with Crippen molar-refractivity contribution in [1.82, 2.24) is 10.2 Å². The van der Waals surface area contributed by atoms with Crippen LogP contribution in [0.5, 0.6) is 0 Å². The van der Waals surface area contributed by atoms with Gasteiger partial charge in [-0.25, -0.2) is 0 Å². The summed E-state index contributed by atoms with van der Waals surface area (Å²) in [5.41, 5.74) is 0. The normalized spacial score (nSPS) is 12.7. The van der Waals surface area contributed by atoms with E-state index in [1.807, 2.05) is 12.1 Å². The van der Waals surface area contributed by atoms with Crippen molar-refractivity contribution < 1.29 is 9.90 Å². The zero-order valence-electron chi connectivity index (χ0n) is 12.2. The van der Waals surface area contributed by atoms with E-state index in [9.17, 15) is 4.79 Å². The summed E-state index contributed by atoms with van der Waals surface area (Å²) in [5.74, 6) is -0.776. The molecule has 4 nitrogen and oxygen atoms in total. The van der Waals surface area contributed by atoms with Crippen LogP contribution in [-0.2, 0) is 17.8 Å². The molecule has 2 heterocycles. The highest BCUT2D eigenvalue weighted by Crippen LogP contribution is 2.23. The minimum Gasteiger partial charge on any atom is -0.481 e. The smallest absolute Gasteiger partial charge is 0.308 e. The number of nitrogens with zero attached hydrogens (tertiary/aromatic N) is 1. The van der Waals surface area contributed by atoms with Crippen molar-refractivity contribution in [3.63, 3.8) is 0 Å². The number of aliphatic carboxylic acids is 1. The van der Waals surface area contributed by atoms with Crippen LogP contribution in [0.2, 0.25) is 0 Å². The molecule has 114 valence electrons. The standard InChI is InChI=1S/C15H20N2O2S2/c1-17(2)13(14-4-3-7-20-14)10-16-9-12-6-5-11(21-12)8-15(18)19/h3-7,13,16H,8-10H2,1-2H3,(H,18,19). The number of carbonyl (C=O) groups is 1. The van der Waals surface area contributed by atoms with Crippen LogP contribution in [0.1, 0.15) is 20.7 Å². The molecular formula is C15H20N2O2S2. The summed E-state index contributed by atoms with van der Waals surface area (Å²) in [6.45, 7) is 1.65. The van der Waals surface area contributed by atoms with Crippen LogP contribution >= 0.6 is 22.7 Å². The molecule has 0 saturated carbocycles. The Hall–Kier alpha value is -1.21. The van der Waals surface area contributed by atoms with Crippen molar-refractivity contribution in [2.45, 2.75) is 19.0 Å². The number of hydrogen-bond donors (Lipinski definition) is 2. The predicted octanol–water partition coefficient (Wildman–Crippen LogP) is 2.83. The zero-order chi connectivity index (χ0) is 15.2. The minimum atomic E-state index is -0.776. The van der Waals surface area contributed by atoms with Crippen LogP contribution < -0.4 is 5.32 Å². The molecular weight excluding hydrogens is 304 g/mol. The number of carboxylic acid groups (broad SMARTS) is 1. The Labute approximate surface area is 133 Å². The highest BCUT2D eigenvalue weighted by atomic mass is 32.1. The van der Waals surface area contributed by atoms with Crippen molar-refractivity contribution in [1.29, 1.82) is 0 Å². The third-order valence-electron chi connectivity index (χ3n) is 3.17. The van der Waals surface area contributed by atoms with Gasteiger partial charge in [-0.1, -0.05) is 6.07 Å². The van der Waals surface area contributed by atoms with Crippen LogP contribution in [0, 0.1) is 0 Å². The molecule has 6 heteroatoms. The Balaban J connectivity index is 1.85. The fourth-order valence-electron chi connectivity index (χ4n) is 2.11. The topological polar surface area (TPSA) is 52.6 Å². The fourth-order valence-corrected chi connectivity index (χ4v) is 4.01. The number of hydrogen-bond acceptors (Lipinski definition) is 5. The van der Waals surface area contributed by atoms with E-state index in [0.29, 0.717) is 6.04 Å². The fraction of sp³-hybridized carbons (Fsp3) is 0.400. The van der Waals surface area contributed by atoms with Gasteiger partial charge in [0.1, 0.15) is 0 Å². The summed E-state index contributed by atoms with van der Waals surface area (Å²) in [5, 5.41) is 14.3. The molecule has 1 unspecified atom stereocenters. The lowest BCUT2D eigenvalue weighted by Crippen LogP contribution is -2.30. The first-order chi connectivity index (χ1) is 10.1. The SMILES string of the molecule is CN(C)C(CNCc1ccc(CC(=O)O)s1)c1cccs1. The van der Waals surface area contributed by atoms with E-state index in [0.717, 1.165) is 18.0 Å². The Morgan fingerprint density at radius 2 is 2.10 bits per heavy atom. The quantitative estimate of drug-likeness (QED) is 0.784. The molecule has 0 radical (unpaired) electrons. The first-order valence-corrected chi connectivity index (χ1v) is 8.46. The highest BCUT2D eigenvalue weighted by Gasteiger charge is 2.14. The molecule has 2 rings (SSSR count). The number of nitrogens with one attached hydrogen (secondary N) is 1. The van der Waals surface area contributed by atoms with Crippen LogP contribution in [0.4, 0.5) is 0 Å². The van der Waals surface area contributed by atoms with Crippen molar-refractivity contribution in [2.75, 3.05) is 20.6 Å². The van der Waals surface area contributed by atoms with E-state index in [4.69, 9.17) is 5.11 Å². The van der Waals surface area contributed by atoms with Gasteiger partial charge in [0.2, 0.25) is 0 Å². The second-order valence-corrected chi connectivity index (χ2v) is 7.30. The molecule has 0 spiro atoms. The highest BCUT2D eigenvalue weighted by molar-refractivity contribution is 7.12. The second-order valence-electron chi connectivity index (χ2n) is 5.06. The van der Waals surface area contributed by atoms with Crippen LogP contribution in [0.3, 0.4) is 0 Å². The number of rotatable bonds is 8. The molecule has 0 bridgehead atoms. The maximum atomic E-state index is 10.7. The lowest BCUT2D eigenvalue weighted by molar-refractivity contribution is -0.136. The zero-order valence-corrected chi connectivity index (χ0v) is 13.8. The number of thiophene rings is 2.